The fourth-order valence-corrected chi connectivity index (χ4v) is 3.82. The molecule has 2 aliphatic heterocycles. The van der Waals surface area contributed by atoms with Crippen LogP contribution in [0.15, 0.2) is 53.0 Å². The van der Waals surface area contributed by atoms with Crippen LogP contribution < -0.4 is 14.9 Å². The van der Waals surface area contributed by atoms with Crippen LogP contribution in [0, 0.1) is 0 Å². The highest BCUT2D eigenvalue weighted by Gasteiger charge is 2.22. The van der Waals surface area contributed by atoms with Crippen molar-refractivity contribution in [3.63, 3.8) is 0 Å². The summed E-state index contributed by atoms with van der Waals surface area (Å²) in [5.41, 5.74) is 6.11. The van der Waals surface area contributed by atoms with Crippen molar-refractivity contribution in [1.29, 1.82) is 0 Å². The fraction of sp³-hybridized carbons (Fsp3) is 0.111. The normalized spacial score (nSPS) is 15.0. The molecule has 0 fully saturated rings. The molecule has 0 amide bonds. The van der Waals surface area contributed by atoms with E-state index in [4.69, 9.17) is 21.1 Å². The number of halogens is 1. The minimum atomic E-state index is 0.559. The first-order chi connectivity index (χ1) is 12.8. The molecule has 0 atom stereocenters. The summed E-state index contributed by atoms with van der Waals surface area (Å²) in [7, 11) is 0. The van der Waals surface area contributed by atoms with Crippen molar-refractivity contribution < 1.29 is 9.47 Å². The molecular weight excluding hydrogens is 372 g/mol. The Morgan fingerprint density at radius 2 is 1.88 bits per heavy atom. The number of rotatable bonds is 2. The molecule has 0 unspecified atom stereocenters. The van der Waals surface area contributed by atoms with Crippen LogP contribution in [0.2, 0.25) is 5.02 Å². The van der Waals surface area contributed by atoms with E-state index < -0.39 is 0 Å². The zero-order valence-corrected chi connectivity index (χ0v) is 15.0. The van der Waals surface area contributed by atoms with Crippen LogP contribution in [-0.2, 0) is 0 Å². The largest absolute Gasteiger partial charge is 0.486 e. The molecule has 8 heteroatoms. The van der Waals surface area contributed by atoms with Gasteiger partial charge in [-0.05, 0) is 30.3 Å². The van der Waals surface area contributed by atoms with Gasteiger partial charge in [0.2, 0.25) is 5.16 Å². The van der Waals surface area contributed by atoms with E-state index in [1.807, 2.05) is 52.5 Å². The van der Waals surface area contributed by atoms with Gasteiger partial charge in [-0.1, -0.05) is 35.5 Å². The Bertz CT molecular complexity index is 1030. The van der Waals surface area contributed by atoms with Crippen molar-refractivity contribution in [2.24, 2.45) is 0 Å². The van der Waals surface area contributed by atoms with Crippen LogP contribution >= 0.6 is 23.4 Å². The van der Waals surface area contributed by atoms with Gasteiger partial charge < -0.3 is 9.47 Å². The third-order valence-electron chi connectivity index (χ3n) is 4.12. The Morgan fingerprint density at radius 1 is 1.04 bits per heavy atom. The SMILES string of the molecule is Clc1ccccc1-c1nnc2n1NC(c1ccc3c(c1)OCCO3)=CS2. The second-order valence-electron chi connectivity index (χ2n) is 5.74. The number of fused-ring (bicyclic) bond motifs is 2. The van der Waals surface area contributed by atoms with E-state index >= 15 is 0 Å². The molecule has 6 nitrogen and oxygen atoms in total. The predicted molar refractivity (Wildman–Crippen MR) is 101 cm³/mol. The van der Waals surface area contributed by atoms with Crippen LogP contribution in [0.25, 0.3) is 17.1 Å². The summed E-state index contributed by atoms with van der Waals surface area (Å²) in [5, 5.41) is 11.9. The first-order valence-corrected chi connectivity index (χ1v) is 9.29. The molecule has 0 spiro atoms. The van der Waals surface area contributed by atoms with Crippen molar-refractivity contribution in [3.8, 4) is 22.9 Å². The Kier molecular flexibility index (Phi) is 3.76. The lowest BCUT2D eigenvalue weighted by molar-refractivity contribution is 0.171. The molecule has 1 N–H and O–H groups in total. The highest BCUT2D eigenvalue weighted by atomic mass is 35.5. The van der Waals surface area contributed by atoms with Gasteiger partial charge in [0.1, 0.15) is 13.2 Å². The molecule has 5 rings (SSSR count). The van der Waals surface area contributed by atoms with Gasteiger partial charge in [0, 0.05) is 16.5 Å². The van der Waals surface area contributed by atoms with Gasteiger partial charge in [-0.25, -0.2) is 4.68 Å². The van der Waals surface area contributed by atoms with Gasteiger partial charge in [-0.3, -0.25) is 5.43 Å². The van der Waals surface area contributed by atoms with Crippen LogP contribution in [0.3, 0.4) is 0 Å². The molecule has 0 bridgehead atoms. The molecule has 2 aliphatic rings. The quantitative estimate of drug-likeness (QED) is 0.720. The number of nitrogens with one attached hydrogen (secondary N) is 1. The number of ether oxygens (including phenoxy) is 2. The van der Waals surface area contributed by atoms with Gasteiger partial charge in [0.05, 0.1) is 10.7 Å². The summed E-state index contributed by atoms with van der Waals surface area (Å²) >= 11 is 7.83. The molecule has 0 radical (unpaired) electrons. The highest BCUT2D eigenvalue weighted by Crippen LogP contribution is 2.37. The molecular formula is C18H13ClN4O2S. The van der Waals surface area contributed by atoms with Crippen LogP contribution in [-0.4, -0.2) is 28.1 Å². The average Bonchev–Trinajstić information content (AvgIpc) is 3.11. The van der Waals surface area contributed by atoms with Crippen LogP contribution in [0.4, 0.5) is 0 Å². The van der Waals surface area contributed by atoms with Crippen molar-refractivity contribution in [1.82, 2.24) is 14.9 Å². The second-order valence-corrected chi connectivity index (χ2v) is 6.98. The van der Waals surface area contributed by atoms with Crippen LogP contribution in [0.1, 0.15) is 5.56 Å². The van der Waals surface area contributed by atoms with Gasteiger partial charge in [0.25, 0.3) is 0 Å². The van der Waals surface area contributed by atoms with Gasteiger partial charge in [-0.15, -0.1) is 10.2 Å². The average molecular weight is 385 g/mol. The lowest BCUT2D eigenvalue weighted by Crippen LogP contribution is -2.19. The van der Waals surface area contributed by atoms with E-state index in [9.17, 15) is 0 Å². The van der Waals surface area contributed by atoms with Gasteiger partial charge in [-0.2, -0.15) is 0 Å². The molecule has 0 saturated carbocycles. The summed E-state index contributed by atoms with van der Waals surface area (Å²) in [4.78, 5) is 0. The van der Waals surface area contributed by atoms with E-state index in [0.29, 0.717) is 24.1 Å². The maximum absolute atomic E-state index is 6.33. The summed E-state index contributed by atoms with van der Waals surface area (Å²) in [5.74, 6) is 2.19. The Labute approximate surface area is 158 Å². The van der Waals surface area contributed by atoms with Crippen molar-refractivity contribution in [3.05, 3.63) is 58.5 Å². The smallest absolute Gasteiger partial charge is 0.214 e. The molecule has 130 valence electrons. The van der Waals surface area contributed by atoms with E-state index in [1.165, 1.54) is 11.8 Å². The number of hydrogen-bond donors (Lipinski definition) is 1. The second kappa shape index (κ2) is 6.26. The maximum atomic E-state index is 6.33. The summed E-state index contributed by atoms with van der Waals surface area (Å²) < 4.78 is 13.1. The van der Waals surface area contributed by atoms with E-state index in [1.54, 1.807) is 0 Å². The molecule has 2 aromatic carbocycles. The molecule has 0 aliphatic carbocycles. The van der Waals surface area contributed by atoms with Crippen molar-refractivity contribution in [2.75, 3.05) is 18.6 Å². The van der Waals surface area contributed by atoms with Crippen LogP contribution in [0.5, 0.6) is 11.5 Å². The minimum Gasteiger partial charge on any atom is -0.486 e. The van der Waals surface area contributed by atoms with Gasteiger partial charge in [0.15, 0.2) is 17.3 Å². The molecule has 1 aromatic heterocycles. The zero-order valence-electron chi connectivity index (χ0n) is 13.5. The number of nitrogens with zero attached hydrogens (tertiary/aromatic N) is 3. The van der Waals surface area contributed by atoms with E-state index in [0.717, 1.165) is 33.5 Å². The first-order valence-electron chi connectivity index (χ1n) is 8.04. The lowest BCUT2D eigenvalue weighted by atomic mass is 10.1. The molecule has 0 saturated heterocycles. The Hall–Kier alpha value is -2.64. The molecule has 3 heterocycles. The standard InChI is InChI=1S/C18H13ClN4O2S/c19-13-4-2-1-3-12(13)17-20-21-18-23(17)22-14(10-26-18)11-5-6-15-16(9-11)25-8-7-24-15/h1-6,9-10,22H,7-8H2. The Morgan fingerprint density at radius 3 is 2.77 bits per heavy atom. The molecule has 3 aromatic rings. The maximum Gasteiger partial charge on any atom is 0.214 e. The number of thioether (sulfide) groups is 1. The summed E-state index contributed by atoms with van der Waals surface area (Å²) in [6.45, 7) is 1.14. The summed E-state index contributed by atoms with van der Waals surface area (Å²) in [6, 6.07) is 13.5. The topological polar surface area (TPSA) is 61.2 Å². The number of hydrogen-bond acceptors (Lipinski definition) is 6. The number of aromatic nitrogens is 3. The minimum absolute atomic E-state index is 0.559. The van der Waals surface area contributed by atoms with E-state index in [-0.39, 0.29) is 0 Å². The summed E-state index contributed by atoms with van der Waals surface area (Å²) in [6.07, 6.45) is 0. The fourth-order valence-electron chi connectivity index (χ4n) is 2.87. The predicted octanol–water partition coefficient (Wildman–Crippen LogP) is 4.02. The first kappa shape index (κ1) is 15.6. The number of benzene rings is 2. The third kappa shape index (κ3) is 2.60. The Balaban J connectivity index is 1.51. The van der Waals surface area contributed by atoms with Crippen molar-refractivity contribution >= 4 is 29.1 Å². The van der Waals surface area contributed by atoms with Gasteiger partial charge >= 0.3 is 0 Å². The zero-order chi connectivity index (χ0) is 17.5. The third-order valence-corrected chi connectivity index (χ3v) is 5.27. The van der Waals surface area contributed by atoms with Crippen molar-refractivity contribution in [2.45, 2.75) is 5.16 Å². The monoisotopic (exact) mass is 384 g/mol. The lowest BCUT2D eigenvalue weighted by Gasteiger charge is -2.22. The van der Waals surface area contributed by atoms with E-state index in [2.05, 4.69) is 15.6 Å². The molecule has 26 heavy (non-hydrogen) atoms. The highest BCUT2D eigenvalue weighted by molar-refractivity contribution is 8.02.